The average molecular weight is 245 g/mol. The highest BCUT2D eigenvalue weighted by molar-refractivity contribution is 5.93. The maximum atomic E-state index is 11.5. The molecule has 0 aromatic heterocycles. The topological polar surface area (TPSA) is 89.6 Å². The molecule has 0 saturated carbocycles. The molecule has 100 valence electrons. The van der Waals surface area contributed by atoms with Gasteiger partial charge in [0.1, 0.15) is 0 Å². The third-order valence-corrected chi connectivity index (χ3v) is 2.52. The van der Waals surface area contributed by atoms with Crippen LogP contribution in [0.3, 0.4) is 0 Å². The lowest BCUT2D eigenvalue weighted by atomic mass is 10.0. The third-order valence-electron chi connectivity index (χ3n) is 2.52. The molecule has 0 aromatic carbocycles. The fourth-order valence-electron chi connectivity index (χ4n) is 1.46. The van der Waals surface area contributed by atoms with Crippen LogP contribution in [0.25, 0.3) is 0 Å². The summed E-state index contributed by atoms with van der Waals surface area (Å²) in [7, 11) is 0. The Hall–Kier alpha value is -1.10. The van der Waals surface area contributed by atoms with E-state index in [0.717, 1.165) is 25.7 Å². The number of unbranched alkanes of at least 4 members (excludes halogenated alkanes) is 3. The van der Waals surface area contributed by atoms with Gasteiger partial charge in [-0.15, -0.1) is 0 Å². The van der Waals surface area contributed by atoms with E-state index >= 15 is 0 Å². The zero-order chi connectivity index (χ0) is 13.1. The summed E-state index contributed by atoms with van der Waals surface area (Å²) < 4.78 is 4.95. The number of carboxylic acid groups (broad SMARTS) is 1. The highest BCUT2D eigenvalue weighted by Gasteiger charge is 2.26. The second-order valence-corrected chi connectivity index (χ2v) is 4.05. The maximum Gasteiger partial charge on any atom is 0.320 e. The molecule has 0 saturated heterocycles. The summed E-state index contributed by atoms with van der Waals surface area (Å²) in [5, 5.41) is 8.91. The van der Waals surface area contributed by atoms with Crippen molar-refractivity contribution in [2.75, 3.05) is 13.2 Å². The summed E-state index contributed by atoms with van der Waals surface area (Å²) >= 11 is 0. The summed E-state index contributed by atoms with van der Waals surface area (Å²) in [4.78, 5) is 22.4. The molecule has 1 unspecified atom stereocenters. The van der Waals surface area contributed by atoms with Crippen molar-refractivity contribution in [1.82, 2.24) is 0 Å². The van der Waals surface area contributed by atoms with Crippen LogP contribution in [-0.4, -0.2) is 30.2 Å². The highest BCUT2D eigenvalue weighted by atomic mass is 16.5. The van der Waals surface area contributed by atoms with Crippen LogP contribution in [0.1, 0.15) is 45.4 Å². The Kier molecular flexibility index (Phi) is 9.43. The van der Waals surface area contributed by atoms with Gasteiger partial charge in [0.15, 0.2) is 5.92 Å². The van der Waals surface area contributed by atoms with Crippen molar-refractivity contribution >= 4 is 11.9 Å². The molecule has 0 rings (SSSR count). The smallest absolute Gasteiger partial charge is 0.320 e. The van der Waals surface area contributed by atoms with Gasteiger partial charge in [-0.3, -0.25) is 9.59 Å². The number of carbonyl (C=O) groups excluding carboxylic acids is 1. The monoisotopic (exact) mass is 245 g/mol. The molecule has 0 spiro atoms. The number of rotatable bonds is 10. The lowest BCUT2D eigenvalue weighted by Gasteiger charge is -2.11. The number of carboxylic acids is 1. The van der Waals surface area contributed by atoms with Crippen molar-refractivity contribution < 1.29 is 19.4 Å². The first kappa shape index (κ1) is 15.9. The van der Waals surface area contributed by atoms with Gasteiger partial charge >= 0.3 is 11.9 Å². The largest absolute Gasteiger partial charge is 0.481 e. The molecule has 1 atom stereocenters. The van der Waals surface area contributed by atoms with Crippen molar-refractivity contribution in [3.8, 4) is 0 Å². The van der Waals surface area contributed by atoms with Gasteiger partial charge < -0.3 is 15.6 Å². The molecule has 0 aliphatic rings. The molecule has 3 N–H and O–H groups in total. The average Bonchev–Trinajstić information content (AvgIpc) is 2.29. The Balaban J connectivity index is 3.93. The number of hydrogen-bond donors (Lipinski definition) is 2. The maximum absolute atomic E-state index is 11.5. The van der Waals surface area contributed by atoms with E-state index in [9.17, 15) is 9.59 Å². The van der Waals surface area contributed by atoms with E-state index in [-0.39, 0.29) is 0 Å². The normalized spacial score (nSPS) is 12.1. The van der Waals surface area contributed by atoms with Crippen LogP contribution < -0.4 is 5.73 Å². The van der Waals surface area contributed by atoms with Crippen molar-refractivity contribution in [3.05, 3.63) is 0 Å². The van der Waals surface area contributed by atoms with Gasteiger partial charge in [0, 0.05) is 0 Å². The van der Waals surface area contributed by atoms with Gasteiger partial charge in [-0.2, -0.15) is 0 Å². The van der Waals surface area contributed by atoms with Crippen LogP contribution in [-0.2, 0) is 14.3 Å². The summed E-state index contributed by atoms with van der Waals surface area (Å²) in [6.07, 6.45) is 4.48. The van der Waals surface area contributed by atoms with Crippen molar-refractivity contribution in [1.29, 1.82) is 0 Å². The molecule has 0 aliphatic carbocycles. The van der Waals surface area contributed by atoms with Gasteiger partial charge in [-0.05, 0) is 25.8 Å². The summed E-state index contributed by atoms with van der Waals surface area (Å²) in [6, 6.07) is 0. The minimum atomic E-state index is -1.11. The zero-order valence-corrected chi connectivity index (χ0v) is 10.5. The predicted octanol–water partition coefficient (Wildman–Crippen LogP) is 1.55. The van der Waals surface area contributed by atoms with Crippen LogP contribution in [0.2, 0.25) is 0 Å². The molecule has 0 aromatic rings. The van der Waals surface area contributed by atoms with Gasteiger partial charge in [-0.25, -0.2) is 0 Å². The predicted molar refractivity (Wildman–Crippen MR) is 64.5 cm³/mol. The highest BCUT2D eigenvalue weighted by Crippen LogP contribution is 2.11. The molecule has 17 heavy (non-hydrogen) atoms. The Morgan fingerprint density at radius 3 is 2.47 bits per heavy atom. The Bertz CT molecular complexity index is 231. The van der Waals surface area contributed by atoms with E-state index in [1.165, 1.54) is 0 Å². The van der Waals surface area contributed by atoms with Crippen molar-refractivity contribution in [3.63, 3.8) is 0 Å². The first-order valence-corrected chi connectivity index (χ1v) is 6.23. The second kappa shape index (κ2) is 10.1. The number of esters is 1. The van der Waals surface area contributed by atoms with Crippen LogP contribution in [0.5, 0.6) is 0 Å². The molecule has 5 heteroatoms. The van der Waals surface area contributed by atoms with E-state index < -0.39 is 17.9 Å². The third kappa shape index (κ3) is 7.74. The summed E-state index contributed by atoms with van der Waals surface area (Å²) in [5.74, 6) is -2.77. The Morgan fingerprint density at radius 2 is 1.94 bits per heavy atom. The second-order valence-electron chi connectivity index (χ2n) is 4.05. The van der Waals surface area contributed by atoms with Gasteiger partial charge in [0.05, 0.1) is 6.61 Å². The first-order valence-electron chi connectivity index (χ1n) is 6.23. The van der Waals surface area contributed by atoms with Gasteiger partial charge in [-0.1, -0.05) is 26.2 Å². The lowest BCUT2D eigenvalue weighted by molar-refractivity contribution is -0.159. The molecule has 0 radical (unpaired) electrons. The van der Waals surface area contributed by atoms with Crippen LogP contribution in [0.4, 0.5) is 0 Å². The quantitative estimate of drug-likeness (QED) is 0.346. The Labute approximate surface area is 102 Å². The minimum absolute atomic E-state index is 0.305. The molecule has 0 aliphatic heterocycles. The van der Waals surface area contributed by atoms with Crippen molar-refractivity contribution in [2.45, 2.75) is 45.4 Å². The van der Waals surface area contributed by atoms with Crippen LogP contribution >= 0.6 is 0 Å². The number of ether oxygens (including phenoxy) is 1. The van der Waals surface area contributed by atoms with Crippen LogP contribution in [0, 0.1) is 5.92 Å². The molecule has 0 amide bonds. The molecule has 5 nitrogen and oxygen atoms in total. The standard InChI is InChI=1S/C12H23NO4/c1-2-3-6-9-17-12(16)10(11(14)15)7-4-5-8-13/h10H,2-9,13H2,1H3,(H,14,15). The van der Waals surface area contributed by atoms with E-state index in [1.54, 1.807) is 0 Å². The molecular formula is C12H23NO4. The molecular weight excluding hydrogens is 222 g/mol. The Morgan fingerprint density at radius 1 is 1.24 bits per heavy atom. The number of aliphatic carboxylic acids is 1. The summed E-state index contributed by atoms with van der Waals surface area (Å²) in [5.41, 5.74) is 5.32. The number of hydrogen-bond acceptors (Lipinski definition) is 4. The van der Waals surface area contributed by atoms with Crippen molar-refractivity contribution in [2.24, 2.45) is 11.7 Å². The zero-order valence-electron chi connectivity index (χ0n) is 10.5. The fourth-order valence-corrected chi connectivity index (χ4v) is 1.46. The first-order chi connectivity index (χ1) is 8.13. The molecule has 0 heterocycles. The van der Waals surface area contributed by atoms with E-state index in [2.05, 4.69) is 6.92 Å². The minimum Gasteiger partial charge on any atom is -0.481 e. The molecule has 0 bridgehead atoms. The van der Waals surface area contributed by atoms with E-state index in [1.807, 2.05) is 0 Å². The van der Waals surface area contributed by atoms with Crippen LogP contribution in [0.15, 0.2) is 0 Å². The van der Waals surface area contributed by atoms with Gasteiger partial charge in [0.25, 0.3) is 0 Å². The molecule has 0 fully saturated rings. The summed E-state index contributed by atoms with van der Waals surface area (Å²) in [6.45, 7) is 2.87. The lowest BCUT2D eigenvalue weighted by Crippen LogP contribution is -2.26. The van der Waals surface area contributed by atoms with Gasteiger partial charge in [0.2, 0.25) is 0 Å². The fraction of sp³-hybridized carbons (Fsp3) is 0.833. The van der Waals surface area contributed by atoms with E-state index in [4.69, 9.17) is 15.6 Å². The SMILES string of the molecule is CCCCCOC(=O)C(CCCCN)C(=O)O. The van der Waals surface area contributed by atoms with E-state index in [0.29, 0.717) is 26.0 Å². The number of carbonyl (C=O) groups is 2. The number of nitrogens with two attached hydrogens (primary N) is 1.